The Morgan fingerprint density at radius 1 is 1.47 bits per heavy atom. The lowest BCUT2D eigenvalue weighted by Gasteiger charge is -2.17. The van der Waals surface area contributed by atoms with E-state index in [4.69, 9.17) is 0 Å². The van der Waals surface area contributed by atoms with Gasteiger partial charge in [-0.25, -0.2) is 12.7 Å². The first-order valence-corrected chi connectivity index (χ1v) is 8.22. The van der Waals surface area contributed by atoms with Crippen molar-refractivity contribution >= 4 is 26.0 Å². The van der Waals surface area contributed by atoms with E-state index in [9.17, 15) is 8.42 Å². The summed E-state index contributed by atoms with van der Waals surface area (Å²) in [6, 6.07) is 0. The van der Waals surface area contributed by atoms with Crippen molar-refractivity contribution in [2.75, 3.05) is 24.2 Å². The van der Waals surface area contributed by atoms with Gasteiger partial charge in [-0.2, -0.15) is 0 Å². The second-order valence-electron chi connectivity index (χ2n) is 4.66. The zero-order valence-electron chi connectivity index (χ0n) is 9.45. The summed E-state index contributed by atoms with van der Waals surface area (Å²) >= 11 is 3.40. The molecule has 0 aromatic carbocycles. The van der Waals surface area contributed by atoms with Crippen LogP contribution in [0.25, 0.3) is 0 Å². The summed E-state index contributed by atoms with van der Waals surface area (Å²) in [5.74, 6) is 1.05. The number of halogens is 1. The Bertz CT molecular complexity index is 290. The van der Waals surface area contributed by atoms with Crippen molar-refractivity contribution in [2.24, 2.45) is 11.8 Å². The van der Waals surface area contributed by atoms with Crippen molar-refractivity contribution in [2.45, 2.75) is 26.7 Å². The minimum absolute atomic E-state index is 0.213. The van der Waals surface area contributed by atoms with Crippen LogP contribution in [0, 0.1) is 11.8 Å². The van der Waals surface area contributed by atoms with Gasteiger partial charge in [0.15, 0.2) is 0 Å². The van der Waals surface area contributed by atoms with Crippen molar-refractivity contribution in [1.29, 1.82) is 0 Å². The maximum absolute atomic E-state index is 11.9. The van der Waals surface area contributed by atoms with Crippen molar-refractivity contribution in [3.63, 3.8) is 0 Å². The fourth-order valence-corrected chi connectivity index (χ4v) is 4.49. The lowest BCUT2D eigenvalue weighted by Crippen LogP contribution is -2.32. The lowest BCUT2D eigenvalue weighted by molar-refractivity contribution is 0.448. The fraction of sp³-hybridized carbons (Fsp3) is 1.00. The van der Waals surface area contributed by atoms with Gasteiger partial charge in [-0.05, 0) is 24.7 Å². The number of hydrogen-bond acceptors (Lipinski definition) is 2. The maximum atomic E-state index is 11.9. The Morgan fingerprint density at radius 2 is 2.13 bits per heavy atom. The van der Waals surface area contributed by atoms with Crippen molar-refractivity contribution in [1.82, 2.24) is 4.31 Å². The third-order valence-electron chi connectivity index (χ3n) is 2.70. The number of rotatable bonds is 5. The Kier molecular flexibility index (Phi) is 5.06. The Morgan fingerprint density at radius 3 is 2.67 bits per heavy atom. The highest BCUT2D eigenvalue weighted by Crippen LogP contribution is 2.23. The van der Waals surface area contributed by atoms with Crippen LogP contribution in [-0.2, 0) is 10.0 Å². The molecule has 1 rings (SSSR count). The van der Waals surface area contributed by atoms with E-state index >= 15 is 0 Å². The quantitative estimate of drug-likeness (QED) is 0.729. The molecular formula is C10H20BrNO2S. The molecule has 3 nitrogen and oxygen atoms in total. The summed E-state index contributed by atoms with van der Waals surface area (Å²) in [7, 11) is -2.99. The van der Waals surface area contributed by atoms with E-state index < -0.39 is 10.0 Å². The topological polar surface area (TPSA) is 37.4 Å². The van der Waals surface area contributed by atoms with E-state index in [-0.39, 0.29) is 11.7 Å². The normalized spacial score (nSPS) is 23.9. The largest absolute Gasteiger partial charge is 0.214 e. The third-order valence-corrected chi connectivity index (χ3v) is 5.37. The molecule has 1 aliphatic rings. The first-order valence-electron chi connectivity index (χ1n) is 5.49. The summed E-state index contributed by atoms with van der Waals surface area (Å²) in [5, 5.41) is 0.968. The highest BCUT2D eigenvalue weighted by atomic mass is 79.9. The van der Waals surface area contributed by atoms with Crippen molar-refractivity contribution < 1.29 is 8.42 Å². The molecule has 0 amide bonds. The van der Waals surface area contributed by atoms with Crippen molar-refractivity contribution in [3.05, 3.63) is 0 Å². The Hall–Kier alpha value is 0.390. The SMILES string of the molecule is CC(C)CS(=O)(=O)N1CCC(CCBr)C1. The van der Waals surface area contributed by atoms with Crippen LogP contribution in [0.4, 0.5) is 0 Å². The molecule has 0 bridgehead atoms. The van der Waals surface area contributed by atoms with Gasteiger partial charge >= 0.3 is 0 Å². The molecule has 15 heavy (non-hydrogen) atoms. The van der Waals surface area contributed by atoms with Crippen LogP contribution in [0.3, 0.4) is 0 Å². The highest BCUT2D eigenvalue weighted by Gasteiger charge is 2.30. The average Bonchev–Trinajstić information content (AvgIpc) is 2.51. The molecule has 1 atom stereocenters. The molecule has 0 radical (unpaired) electrons. The molecule has 1 saturated heterocycles. The number of hydrogen-bond donors (Lipinski definition) is 0. The van der Waals surface area contributed by atoms with E-state index in [0.29, 0.717) is 12.5 Å². The van der Waals surface area contributed by atoms with E-state index in [0.717, 1.165) is 24.7 Å². The molecule has 1 fully saturated rings. The first-order chi connectivity index (χ1) is 6.95. The van der Waals surface area contributed by atoms with Crippen LogP contribution in [0.15, 0.2) is 0 Å². The summed E-state index contributed by atoms with van der Waals surface area (Å²) < 4.78 is 25.5. The van der Waals surface area contributed by atoms with E-state index in [1.165, 1.54) is 0 Å². The fourth-order valence-electron chi connectivity index (χ4n) is 1.97. The van der Waals surface area contributed by atoms with Crippen LogP contribution in [0.1, 0.15) is 26.7 Å². The predicted octanol–water partition coefficient (Wildman–Crippen LogP) is 2.08. The molecular weight excluding hydrogens is 278 g/mol. The van der Waals surface area contributed by atoms with Gasteiger partial charge < -0.3 is 0 Å². The van der Waals surface area contributed by atoms with Crippen LogP contribution < -0.4 is 0 Å². The second-order valence-corrected chi connectivity index (χ2v) is 7.47. The number of sulfonamides is 1. The van der Waals surface area contributed by atoms with Gasteiger partial charge in [0.05, 0.1) is 5.75 Å². The molecule has 1 heterocycles. The zero-order valence-corrected chi connectivity index (χ0v) is 11.8. The molecule has 0 N–H and O–H groups in total. The zero-order chi connectivity index (χ0) is 11.5. The molecule has 0 aromatic rings. The molecule has 0 aliphatic carbocycles. The number of nitrogens with zero attached hydrogens (tertiary/aromatic N) is 1. The minimum atomic E-state index is -2.99. The third kappa shape index (κ3) is 4.04. The monoisotopic (exact) mass is 297 g/mol. The van der Waals surface area contributed by atoms with Gasteiger partial charge in [0.1, 0.15) is 0 Å². The van der Waals surface area contributed by atoms with Gasteiger partial charge in [0, 0.05) is 18.4 Å². The first kappa shape index (κ1) is 13.5. The second kappa shape index (κ2) is 5.64. The predicted molar refractivity (Wildman–Crippen MR) is 66.7 cm³/mol. The van der Waals surface area contributed by atoms with E-state index in [1.54, 1.807) is 4.31 Å². The average molecular weight is 298 g/mol. The van der Waals surface area contributed by atoms with Gasteiger partial charge in [-0.3, -0.25) is 0 Å². The standard InChI is InChI=1S/C10H20BrNO2S/c1-9(2)8-15(13,14)12-6-4-10(7-12)3-5-11/h9-10H,3-8H2,1-2H3. The molecule has 90 valence electrons. The maximum Gasteiger partial charge on any atom is 0.214 e. The van der Waals surface area contributed by atoms with Gasteiger partial charge in [0.2, 0.25) is 10.0 Å². The molecule has 0 saturated carbocycles. The smallest absolute Gasteiger partial charge is 0.212 e. The highest BCUT2D eigenvalue weighted by molar-refractivity contribution is 9.09. The summed E-state index contributed by atoms with van der Waals surface area (Å²) in [5.41, 5.74) is 0. The molecule has 5 heteroatoms. The molecule has 0 aromatic heterocycles. The molecule has 1 unspecified atom stereocenters. The Labute approximate surface area is 101 Å². The summed E-state index contributed by atoms with van der Waals surface area (Å²) in [6.45, 7) is 5.33. The van der Waals surface area contributed by atoms with Gasteiger partial charge in [-0.15, -0.1) is 0 Å². The minimum Gasteiger partial charge on any atom is -0.212 e. The summed E-state index contributed by atoms with van der Waals surface area (Å²) in [4.78, 5) is 0. The van der Waals surface area contributed by atoms with Crippen molar-refractivity contribution in [3.8, 4) is 0 Å². The molecule has 0 spiro atoms. The lowest BCUT2D eigenvalue weighted by atomic mass is 10.1. The van der Waals surface area contributed by atoms with E-state index in [2.05, 4.69) is 15.9 Å². The van der Waals surface area contributed by atoms with Crippen LogP contribution in [-0.4, -0.2) is 36.9 Å². The van der Waals surface area contributed by atoms with Gasteiger partial charge in [-0.1, -0.05) is 29.8 Å². The van der Waals surface area contributed by atoms with Crippen LogP contribution in [0.2, 0.25) is 0 Å². The van der Waals surface area contributed by atoms with Crippen LogP contribution >= 0.6 is 15.9 Å². The molecule has 1 aliphatic heterocycles. The Balaban J connectivity index is 2.52. The van der Waals surface area contributed by atoms with E-state index in [1.807, 2.05) is 13.8 Å². The van der Waals surface area contributed by atoms with Crippen LogP contribution in [0.5, 0.6) is 0 Å². The number of alkyl halides is 1. The van der Waals surface area contributed by atoms with Gasteiger partial charge in [0.25, 0.3) is 0 Å². The summed E-state index contributed by atoms with van der Waals surface area (Å²) in [6.07, 6.45) is 2.09.